The highest BCUT2D eigenvalue weighted by atomic mass is 79.9. The second kappa shape index (κ2) is 5.53. The number of rotatable bonds is 1. The highest BCUT2D eigenvalue weighted by Crippen LogP contribution is 2.14. The largest absolute Gasteiger partial charge is 0.397 e. The normalized spacial score (nSPS) is 8.54. The minimum atomic E-state index is -0.550. The predicted octanol–water partition coefficient (Wildman–Crippen LogP) is 1.55. The molecule has 1 aromatic heterocycles. The fourth-order valence-electron chi connectivity index (χ4n) is 0.654. The molecule has 0 atom stereocenters. The molecule has 0 aliphatic rings. The number of halogens is 1. The number of carbonyl (C=O) groups is 1. The van der Waals surface area contributed by atoms with Gasteiger partial charge in [-0.3, -0.25) is 4.79 Å². The average Bonchev–Trinajstić information content (AvgIpc) is 2.12. The molecule has 0 saturated carbocycles. The van der Waals surface area contributed by atoms with E-state index < -0.39 is 5.91 Å². The lowest BCUT2D eigenvalue weighted by Gasteiger charge is -1.99. The van der Waals surface area contributed by atoms with Crippen LogP contribution in [0.5, 0.6) is 0 Å². The lowest BCUT2D eigenvalue weighted by molar-refractivity contribution is 0.100. The van der Waals surface area contributed by atoms with Gasteiger partial charge in [0.2, 0.25) is 0 Å². The van der Waals surface area contributed by atoms with E-state index >= 15 is 0 Å². The Kier molecular flexibility index (Phi) is 5.06. The van der Waals surface area contributed by atoms with Gasteiger partial charge in [0.05, 0.1) is 17.4 Å². The van der Waals surface area contributed by atoms with Crippen molar-refractivity contribution in [2.75, 3.05) is 5.73 Å². The van der Waals surface area contributed by atoms with Crippen LogP contribution in [0.25, 0.3) is 0 Å². The number of hydrogen-bond acceptors (Lipinski definition) is 3. The first-order valence-electron chi connectivity index (χ1n) is 3.82. The number of pyridine rings is 1. The molecule has 0 fully saturated rings. The topological polar surface area (TPSA) is 82.0 Å². The van der Waals surface area contributed by atoms with Crippen molar-refractivity contribution < 1.29 is 4.79 Å². The van der Waals surface area contributed by atoms with Crippen LogP contribution in [0, 0.1) is 0 Å². The molecular weight excluding hydrogens is 234 g/mol. The molecule has 0 aromatic carbocycles. The smallest absolute Gasteiger partial charge is 0.250 e. The summed E-state index contributed by atoms with van der Waals surface area (Å²) in [5.74, 6) is -0.550. The molecule has 1 aromatic rings. The molecule has 0 aliphatic heterocycles. The molecular formula is C8H12BrN3O. The average molecular weight is 246 g/mol. The minimum absolute atomic E-state index is 0.284. The number of carbonyl (C=O) groups excluding carboxylic acids is 1. The first-order valence-corrected chi connectivity index (χ1v) is 4.61. The summed E-state index contributed by atoms with van der Waals surface area (Å²) >= 11 is 3.09. The van der Waals surface area contributed by atoms with Crippen molar-refractivity contribution in [2.24, 2.45) is 5.73 Å². The summed E-state index contributed by atoms with van der Waals surface area (Å²) in [5, 5.41) is 0. The molecule has 72 valence electrons. The highest BCUT2D eigenvalue weighted by molar-refractivity contribution is 9.10. The first-order chi connectivity index (χ1) is 6.11. The molecule has 13 heavy (non-hydrogen) atoms. The van der Waals surface area contributed by atoms with E-state index in [4.69, 9.17) is 11.5 Å². The molecule has 4 N–H and O–H groups in total. The van der Waals surface area contributed by atoms with Crippen LogP contribution in [0.15, 0.2) is 16.9 Å². The third-order valence-electron chi connectivity index (χ3n) is 1.17. The Morgan fingerprint density at radius 3 is 2.46 bits per heavy atom. The van der Waals surface area contributed by atoms with E-state index in [0.29, 0.717) is 10.3 Å². The van der Waals surface area contributed by atoms with Crippen LogP contribution in [-0.4, -0.2) is 10.9 Å². The summed E-state index contributed by atoms with van der Waals surface area (Å²) in [6.45, 7) is 4.00. The van der Waals surface area contributed by atoms with Crippen LogP contribution in [0.1, 0.15) is 24.2 Å². The lowest BCUT2D eigenvalue weighted by atomic mass is 10.2. The van der Waals surface area contributed by atoms with Crippen molar-refractivity contribution in [3.05, 3.63) is 22.4 Å². The molecule has 0 unspecified atom stereocenters. The van der Waals surface area contributed by atoms with Gasteiger partial charge in [0.25, 0.3) is 5.91 Å². The summed E-state index contributed by atoms with van der Waals surface area (Å²) in [4.78, 5) is 14.5. The van der Waals surface area contributed by atoms with Gasteiger partial charge in [0, 0.05) is 0 Å². The fraction of sp³-hybridized carbons (Fsp3) is 0.250. The van der Waals surface area contributed by atoms with Gasteiger partial charge in [-0.25, -0.2) is 4.98 Å². The number of anilines is 1. The van der Waals surface area contributed by atoms with Gasteiger partial charge in [0.1, 0.15) is 4.60 Å². The summed E-state index contributed by atoms with van der Waals surface area (Å²) in [7, 11) is 0. The Morgan fingerprint density at radius 1 is 1.54 bits per heavy atom. The molecule has 4 nitrogen and oxygen atoms in total. The molecule has 5 heteroatoms. The van der Waals surface area contributed by atoms with Crippen molar-refractivity contribution >= 4 is 27.5 Å². The maximum Gasteiger partial charge on any atom is 0.250 e. The standard InChI is InChI=1S/C6H6BrN3O.C2H6/c7-5-1-3(6(9)11)4(8)2-10-5;1-2/h1-2H,8H2,(H2,9,11);1-2H3. The SMILES string of the molecule is CC.NC(=O)c1cc(Br)ncc1N. The first kappa shape index (κ1) is 11.9. The van der Waals surface area contributed by atoms with Gasteiger partial charge in [-0.1, -0.05) is 13.8 Å². The zero-order valence-electron chi connectivity index (χ0n) is 7.54. The van der Waals surface area contributed by atoms with Crippen molar-refractivity contribution in [1.29, 1.82) is 0 Å². The summed E-state index contributed by atoms with van der Waals surface area (Å²) < 4.78 is 0.542. The van der Waals surface area contributed by atoms with Crippen LogP contribution < -0.4 is 11.5 Å². The van der Waals surface area contributed by atoms with E-state index in [2.05, 4.69) is 20.9 Å². The van der Waals surface area contributed by atoms with Gasteiger partial charge < -0.3 is 11.5 Å². The third kappa shape index (κ3) is 3.42. The molecule has 0 aliphatic carbocycles. The van der Waals surface area contributed by atoms with Gasteiger partial charge in [0.15, 0.2) is 0 Å². The minimum Gasteiger partial charge on any atom is -0.397 e. The Balaban J connectivity index is 0.000000671. The number of primary amides is 1. The predicted molar refractivity (Wildman–Crippen MR) is 56.2 cm³/mol. The van der Waals surface area contributed by atoms with Crippen LogP contribution in [0.4, 0.5) is 5.69 Å². The number of nitrogens with two attached hydrogens (primary N) is 2. The van der Waals surface area contributed by atoms with E-state index in [-0.39, 0.29) is 5.56 Å². The molecule has 0 radical (unpaired) electrons. The van der Waals surface area contributed by atoms with Gasteiger partial charge in [-0.15, -0.1) is 0 Å². The maximum atomic E-state index is 10.7. The molecule has 1 heterocycles. The second-order valence-corrected chi connectivity index (χ2v) is 2.77. The van der Waals surface area contributed by atoms with E-state index in [1.54, 1.807) is 0 Å². The number of nitrogen functional groups attached to an aromatic ring is 1. The summed E-state index contributed by atoms with van der Waals surface area (Å²) in [6, 6.07) is 1.48. The van der Waals surface area contributed by atoms with E-state index in [1.807, 2.05) is 13.8 Å². The van der Waals surface area contributed by atoms with Crippen LogP contribution >= 0.6 is 15.9 Å². The lowest BCUT2D eigenvalue weighted by Crippen LogP contribution is -2.13. The fourth-order valence-corrected chi connectivity index (χ4v) is 0.985. The number of hydrogen-bond donors (Lipinski definition) is 2. The Hall–Kier alpha value is -1.10. The number of nitrogens with zero attached hydrogens (tertiary/aromatic N) is 1. The van der Waals surface area contributed by atoms with Gasteiger partial charge in [-0.05, 0) is 22.0 Å². The Morgan fingerprint density at radius 2 is 2.08 bits per heavy atom. The van der Waals surface area contributed by atoms with Crippen LogP contribution in [0.2, 0.25) is 0 Å². The Labute approximate surface area is 85.5 Å². The molecule has 0 spiro atoms. The second-order valence-electron chi connectivity index (χ2n) is 1.96. The van der Waals surface area contributed by atoms with E-state index in [0.717, 1.165) is 0 Å². The van der Waals surface area contributed by atoms with Crippen molar-refractivity contribution in [2.45, 2.75) is 13.8 Å². The third-order valence-corrected chi connectivity index (χ3v) is 1.60. The molecule has 1 amide bonds. The van der Waals surface area contributed by atoms with Crippen molar-refractivity contribution in [3.63, 3.8) is 0 Å². The maximum absolute atomic E-state index is 10.7. The monoisotopic (exact) mass is 245 g/mol. The zero-order chi connectivity index (χ0) is 10.4. The number of amides is 1. The highest BCUT2D eigenvalue weighted by Gasteiger charge is 2.05. The van der Waals surface area contributed by atoms with Crippen molar-refractivity contribution in [1.82, 2.24) is 4.98 Å². The van der Waals surface area contributed by atoms with Crippen LogP contribution in [0.3, 0.4) is 0 Å². The zero-order valence-corrected chi connectivity index (χ0v) is 9.13. The Bertz CT molecular complexity index is 301. The van der Waals surface area contributed by atoms with E-state index in [1.165, 1.54) is 12.3 Å². The quantitative estimate of drug-likeness (QED) is 0.737. The molecule has 1 rings (SSSR count). The van der Waals surface area contributed by atoms with E-state index in [9.17, 15) is 4.79 Å². The summed E-state index contributed by atoms with van der Waals surface area (Å²) in [5.41, 5.74) is 11.0. The van der Waals surface area contributed by atoms with Gasteiger partial charge >= 0.3 is 0 Å². The molecule has 0 saturated heterocycles. The van der Waals surface area contributed by atoms with Crippen molar-refractivity contribution in [3.8, 4) is 0 Å². The summed E-state index contributed by atoms with van der Waals surface area (Å²) in [6.07, 6.45) is 1.38. The number of aromatic nitrogens is 1. The van der Waals surface area contributed by atoms with Crippen LogP contribution in [-0.2, 0) is 0 Å². The van der Waals surface area contributed by atoms with Gasteiger partial charge in [-0.2, -0.15) is 0 Å². The molecule has 0 bridgehead atoms.